The lowest BCUT2D eigenvalue weighted by Gasteiger charge is -2.11. The van der Waals surface area contributed by atoms with Crippen molar-refractivity contribution in [3.8, 4) is 0 Å². The fraction of sp³-hybridized carbons (Fsp3) is 0.267. The highest BCUT2D eigenvalue weighted by Crippen LogP contribution is 2.46. The van der Waals surface area contributed by atoms with Gasteiger partial charge in [-0.25, -0.2) is 9.37 Å². The number of furan rings is 1. The quantitative estimate of drug-likeness (QED) is 0.769. The van der Waals surface area contributed by atoms with Crippen LogP contribution >= 0.6 is 0 Å². The van der Waals surface area contributed by atoms with Crippen LogP contribution in [0.2, 0.25) is 0 Å². The summed E-state index contributed by atoms with van der Waals surface area (Å²) in [5.41, 5.74) is 1.84. The highest BCUT2D eigenvalue weighted by Gasteiger charge is 2.30. The predicted molar refractivity (Wildman–Crippen MR) is 70.8 cm³/mol. The third-order valence-electron chi connectivity index (χ3n) is 3.82. The third kappa shape index (κ3) is 1.67. The number of aliphatic hydroxyl groups excluding tert-OH is 1. The maximum absolute atomic E-state index is 13.9. The summed E-state index contributed by atoms with van der Waals surface area (Å²) >= 11 is 0. The summed E-state index contributed by atoms with van der Waals surface area (Å²) in [6.07, 6.45) is 6.10. The van der Waals surface area contributed by atoms with Crippen molar-refractivity contribution in [2.45, 2.75) is 24.9 Å². The number of aromatic nitrogens is 2. The van der Waals surface area contributed by atoms with Crippen LogP contribution in [-0.4, -0.2) is 15.1 Å². The van der Waals surface area contributed by atoms with Gasteiger partial charge in [0.1, 0.15) is 11.9 Å². The van der Waals surface area contributed by atoms with Crippen LogP contribution in [0.25, 0.3) is 11.0 Å². The zero-order valence-corrected chi connectivity index (χ0v) is 10.6. The van der Waals surface area contributed by atoms with Gasteiger partial charge in [-0.05, 0) is 30.4 Å². The normalized spacial score (nSPS) is 16.7. The molecule has 1 aromatic carbocycles. The molecule has 5 heteroatoms. The van der Waals surface area contributed by atoms with E-state index in [2.05, 4.69) is 9.97 Å². The molecular weight excluding hydrogens is 259 g/mol. The van der Waals surface area contributed by atoms with Crippen molar-refractivity contribution in [1.82, 2.24) is 9.97 Å². The summed E-state index contributed by atoms with van der Waals surface area (Å²) in [7, 11) is 0. The van der Waals surface area contributed by atoms with E-state index in [9.17, 15) is 9.50 Å². The second kappa shape index (κ2) is 4.18. The summed E-state index contributed by atoms with van der Waals surface area (Å²) in [6, 6.07) is 2.93. The van der Waals surface area contributed by atoms with Crippen molar-refractivity contribution in [3.05, 3.63) is 53.6 Å². The number of aromatic amines is 1. The first-order valence-corrected chi connectivity index (χ1v) is 6.62. The average molecular weight is 272 g/mol. The van der Waals surface area contributed by atoms with Crippen molar-refractivity contribution in [1.29, 1.82) is 0 Å². The molecule has 0 aliphatic heterocycles. The molecule has 1 aliphatic carbocycles. The molecule has 2 heterocycles. The molecule has 0 radical (unpaired) electrons. The molecule has 3 aromatic rings. The number of fused-ring (bicyclic) bond motifs is 1. The van der Waals surface area contributed by atoms with Gasteiger partial charge in [0, 0.05) is 23.3 Å². The number of hydrogen-bond acceptors (Lipinski definition) is 3. The maximum atomic E-state index is 13.9. The van der Waals surface area contributed by atoms with E-state index >= 15 is 0 Å². The van der Waals surface area contributed by atoms with Gasteiger partial charge < -0.3 is 14.5 Å². The Bertz CT molecular complexity index is 760. The lowest BCUT2D eigenvalue weighted by molar-refractivity contribution is 0.212. The second-order valence-corrected chi connectivity index (χ2v) is 5.18. The molecular formula is C15H13FN2O2. The monoisotopic (exact) mass is 272 g/mol. The van der Waals surface area contributed by atoms with E-state index in [4.69, 9.17) is 4.42 Å². The molecule has 1 fully saturated rings. The Kier molecular flexibility index (Phi) is 2.44. The molecule has 2 N–H and O–H groups in total. The summed E-state index contributed by atoms with van der Waals surface area (Å²) in [4.78, 5) is 6.95. The lowest BCUT2D eigenvalue weighted by atomic mass is 9.99. The minimum atomic E-state index is -0.914. The standard InChI is InChI=1S/C15H13FN2O2/c16-11-4-3-9(13(19)15-17-5-6-18-15)12-10(8-1-2-8)7-20-14(11)12/h3-8,13,19H,1-2H2,(H,17,18)/t13-/m1/s1. The highest BCUT2D eigenvalue weighted by molar-refractivity contribution is 5.86. The van der Waals surface area contributed by atoms with Crippen LogP contribution < -0.4 is 0 Å². The predicted octanol–water partition coefficient (Wildman–Crippen LogP) is 3.25. The van der Waals surface area contributed by atoms with Crippen molar-refractivity contribution in [2.24, 2.45) is 0 Å². The van der Waals surface area contributed by atoms with Gasteiger partial charge in [0.25, 0.3) is 0 Å². The van der Waals surface area contributed by atoms with Crippen LogP contribution in [0.4, 0.5) is 4.39 Å². The fourth-order valence-electron chi connectivity index (χ4n) is 2.66. The number of aliphatic hydroxyl groups is 1. The van der Waals surface area contributed by atoms with Crippen molar-refractivity contribution in [2.75, 3.05) is 0 Å². The average Bonchev–Trinajstić information content (AvgIpc) is 2.99. The molecule has 4 rings (SSSR count). The van der Waals surface area contributed by atoms with Gasteiger partial charge in [-0.3, -0.25) is 0 Å². The van der Waals surface area contributed by atoms with Gasteiger partial charge in [-0.2, -0.15) is 0 Å². The molecule has 0 saturated heterocycles. The number of nitrogens with zero attached hydrogens (tertiary/aromatic N) is 1. The lowest BCUT2D eigenvalue weighted by Crippen LogP contribution is -2.03. The number of nitrogens with one attached hydrogen (secondary N) is 1. The number of H-pyrrole nitrogens is 1. The van der Waals surface area contributed by atoms with Gasteiger partial charge >= 0.3 is 0 Å². The number of hydrogen-bond donors (Lipinski definition) is 2. The number of benzene rings is 1. The van der Waals surface area contributed by atoms with Crippen LogP contribution in [-0.2, 0) is 0 Å². The molecule has 1 saturated carbocycles. The summed E-state index contributed by atoms with van der Waals surface area (Å²) in [5.74, 6) is 0.462. The molecule has 0 unspecified atom stereocenters. The Morgan fingerprint density at radius 3 is 2.95 bits per heavy atom. The van der Waals surface area contributed by atoms with Crippen molar-refractivity contribution in [3.63, 3.8) is 0 Å². The van der Waals surface area contributed by atoms with E-state index in [1.807, 2.05) is 0 Å². The van der Waals surface area contributed by atoms with Crippen molar-refractivity contribution < 1.29 is 13.9 Å². The maximum Gasteiger partial charge on any atom is 0.170 e. The molecule has 102 valence electrons. The topological polar surface area (TPSA) is 62.1 Å². The molecule has 0 spiro atoms. The first kappa shape index (κ1) is 11.7. The molecule has 1 atom stereocenters. The van der Waals surface area contributed by atoms with E-state index in [0.717, 1.165) is 18.4 Å². The van der Waals surface area contributed by atoms with Gasteiger partial charge in [-0.1, -0.05) is 6.07 Å². The Balaban J connectivity index is 1.94. The van der Waals surface area contributed by atoms with Gasteiger partial charge in [0.2, 0.25) is 0 Å². The zero-order valence-electron chi connectivity index (χ0n) is 10.6. The minimum Gasteiger partial charge on any atom is -0.461 e. The second-order valence-electron chi connectivity index (χ2n) is 5.18. The van der Waals surface area contributed by atoms with E-state index in [0.29, 0.717) is 22.7 Å². The van der Waals surface area contributed by atoms with E-state index in [-0.39, 0.29) is 5.58 Å². The molecule has 20 heavy (non-hydrogen) atoms. The van der Waals surface area contributed by atoms with E-state index < -0.39 is 11.9 Å². The molecule has 0 bridgehead atoms. The van der Waals surface area contributed by atoms with Crippen LogP contribution in [0.5, 0.6) is 0 Å². The third-order valence-corrected chi connectivity index (χ3v) is 3.82. The fourth-order valence-corrected chi connectivity index (χ4v) is 2.66. The Morgan fingerprint density at radius 2 is 2.25 bits per heavy atom. The number of imidazole rings is 1. The van der Waals surface area contributed by atoms with Crippen LogP contribution in [0.3, 0.4) is 0 Å². The number of halogens is 1. The van der Waals surface area contributed by atoms with Gasteiger partial charge in [0.15, 0.2) is 11.4 Å². The summed E-state index contributed by atoms with van der Waals surface area (Å²) < 4.78 is 19.2. The molecule has 1 aliphatic rings. The first-order valence-electron chi connectivity index (χ1n) is 6.62. The number of rotatable bonds is 3. The highest BCUT2D eigenvalue weighted by atomic mass is 19.1. The van der Waals surface area contributed by atoms with Crippen LogP contribution in [0.15, 0.2) is 35.2 Å². The Morgan fingerprint density at radius 1 is 1.40 bits per heavy atom. The first-order chi connectivity index (χ1) is 9.75. The Labute approximate surface area is 114 Å². The van der Waals surface area contributed by atoms with Crippen LogP contribution in [0, 0.1) is 5.82 Å². The van der Waals surface area contributed by atoms with Gasteiger partial charge in [0.05, 0.1) is 6.26 Å². The van der Waals surface area contributed by atoms with E-state index in [1.54, 1.807) is 24.7 Å². The SMILES string of the molecule is O[C@@H](c1ncc[nH]1)c1ccc(F)c2occ(C3CC3)c12. The summed E-state index contributed by atoms with van der Waals surface area (Å²) in [6.45, 7) is 0. The van der Waals surface area contributed by atoms with Crippen molar-refractivity contribution >= 4 is 11.0 Å². The van der Waals surface area contributed by atoms with Gasteiger partial charge in [-0.15, -0.1) is 0 Å². The minimum absolute atomic E-state index is 0.218. The Hall–Kier alpha value is -2.14. The largest absolute Gasteiger partial charge is 0.461 e. The van der Waals surface area contributed by atoms with E-state index in [1.165, 1.54) is 6.07 Å². The molecule has 0 amide bonds. The van der Waals surface area contributed by atoms with Crippen LogP contribution in [0.1, 0.15) is 41.8 Å². The molecule has 4 nitrogen and oxygen atoms in total. The molecule has 2 aromatic heterocycles. The zero-order chi connectivity index (χ0) is 13.7. The smallest absolute Gasteiger partial charge is 0.170 e. The summed E-state index contributed by atoms with van der Waals surface area (Å²) in [5, 5.41) is 11.1.